The largest absolute Gasteiger partial charge is 0.330 e. The molecule has 0 radical (unpaired) electrons. The van der Waals surface area contributed by atoms with Crippen LogP contribution in [0.5, 0.6) is 0 Å². The maximum absolute atomic E-state index is 5.58. The highest BCUT2D eigenvalue weighted by Gasteiger charge is 2.10. The lowest BCUT2D eigenvalue weighted by Gasteiger charge is -2.01. The van der Waals surface area contributed by atoms with Crippen LogP contribution in [0, 0.1) is 6.92 Å². The molecule has 0 aliphatic rings. The maximum atomic E-state index is 5.58. The van der Waals surface area contributed by atoms with Gasteiger partial charge in [0.05, 0.1) is 5.69 Å². The van der Waals surface area contributed by atoms with Crippen LogP contribution < -0.4 is 5.73 Å². The van der Waals surface area contributed by atoms with Gasteiger partial charge in [0.1, 0.15) is 0 Å². The number of H-pyrrole nitrogens is 1. The number of hydrogen-bond donors (Lipinski definition) is 2. The molecule has 15 heavy (non-hydrogen) atoms. The first-order valence-corrected chi connectivity index (χ1v) is 4.97. The minimum Gasteiger partial charge on any atom is -0.330 e. The van der Waals surface area contributed by atoms with Crippen molar-refractivity contribution < 1.29 is 0 Å². The van der Waals surface area contributed by atoms with Gasteiger partial charge >= 0.3 is 0 Å². The van der Waals surface area contributed by atoms with Crippen molar-refractivity contribution in [2.24, 2.45) is 5.73 Å². The molecule has 2 aromatic heterocycles. The first-order chi connectivity index (χ1) is 7.33. The van der Waals surface area contributed by atoms with E-state index in [2.05, 4.69) is 15.2 Å². The average molecular weight is 202 g/mol. The third-order valence-corrected chi connectivity index (χ3v) is 2.40. The second-order valence-corrected chi connectivity index (χ2v) is 3.46. The molecule has 0 atom stereocenters. The Hall–Kier alpha value is -1.68. The van der Waals surface area contributed by atoms with Gasteiger partial charge in [-0.2, -0.15) is 5.10 Å². The van der Waals surface area contributed by atoms with E-state index in [9.17, 15) is 0 Å². The summed E-state index contributed by atoms with van der Waals surface area (Å²) >= 11 is 0. The zero-order chi connectivity index (χ0) is 10.7. The molecule has 0 amide bonds. The molecule has 78 valence electrons. The second-order valence-electron chi connectivity index (χ2n) is 3.46. The van der Waals surface area contributed by atoms with Crippen molar-refractivity contribution >= 4 is 0 Å². The fourth-order valence-electron chi connectivity index (χ4n) is 1.64. The molecule has 0 aliphatic heterocycles. The van der Waals surface area contributed by atoms with Crippen LogP contribution in [0.25, 0.3) is 11.3 Å². The number of nitrogens with two attached hydrogens (primary N) is 1. The van der Waals surface area contributed by atoms with E-state index in [0.29, 0.717) is 6.54 Å². The Morgan fingerprint density at radius 1 is 1.47 bits per heavy atom. The predicted molar refractivity (Wildman–Crippen MR) is 59.3 cm³/mol. The van der Waals surface area contributed by atoms with Crippen LogP contribution in [0.3, 0.4) is 0 Å². The first kappa shape index (κ1) is 9.86. The van der Waals surface area contributed by atoms with Crippen molar-refractivity contribution in [3.8, 4) is 11.3 Å². The van der Waals surface area contributed by atoms with Crippen LogP contribution in [0.1, 0.15) is 11.3 Å². The number of rotatable bonds is 3. The van der Waals surface area contributed by atoms with Crippen molar-refractivity contribution in [2.75, 3.05) is 6.54 Å². The molecule has 0 aliphatic carbocycles. The van der Waals surface area contributed by atoms with Gasteiger partial charge in [0.15, 0.2) is 0 Å². The molecule has 2 rings (SSSR count). The molecule has 0 spiro atoms. The fourth-order valence-corrected chi connectivity index (χ4v) is 1.64. The number of nitrogens with zero attached hydrogens (tertiary/aromatic N) is 2. The summed E-state index contributed by atoms with van der Waals surface area (Å²) in [5, 5.41) is 7.27. The summed E-state index contributed by atoms with van der Waals surface area (Å²) < 4.78 is 0. The molecule has 3 N–H and O–H groups in total. The van der Waals surface area contributed by atoms with E-state index in [0.717, 1.165) is 23.4 Å². The van der Waals surface area contributed by atoms with Crippen molar-refractivity contribution in [3.63, 3.8) is 0 Å². The van der Waals surface area contributed by atoms with Gasteiger partial charge in [-0.05, 0) is 32.0 Å². The van der Waals surface area contributed by atoms with Crippen LogP contribution in [-0.2, 0) is 6.42 Å². The lowest BCUT2D eigenvalue weighted by molar-refractivity contribution is 0.957. The van der Waals surface area contributed by atoms with Crippen molar-refractivity contribution in [2.45, 2.75) is 13.3 Å². The number of pyridine rings is 1. The van der Waals surface area contributed by atoms with E-state index in [4.69, 9.17) is 5.73 Å². The van der Waals surface area contributed by atoms with Gasteiger partial charge in [0, 0.05) is 29.2 Å². The highest BCUT2D eigenvalue weighted by Crippen LogP contribution is 2.22. The van der Waals surface area contributed by atoms with Crippen LogP contribution in [0.2, 0.25) is 0 Å². The fraction of sp³-hybridized carbons (Fsp3) is 0.273. The summed E-state index contributed by atoms with van der Waals surface area (Å²) in [5.41, 5.74) is 9.84. The summed E-state index contributed by atoms with van der Waals surface area (Å²) in [6, 6.07) is 3.91. The van der Waals surface area contributed by atoms with Gasteiger partial charge in [-0.1, -0.05) is 0 Å². The molecular weight excluding hydrogens is 188 g/mol. The molecule has 2 aromatic rings. The Kier molecular flexibility index (Phi) is 2.78. The Labute approximate surface area is 88.5 Å². The molecule has 4 heteroatoms. The highest BCUT2D eigenvalue weighted by molar-refractivity contribution is 5.62. The number of nitrogens with one attached hydrogen (secondary N) is 1. The molecule has 4 nitrogen and oxygen atoms in total. The Morgan fingerprint density at radius 2 is 2.33 bits per heavy atom. The van der Waals surface area contributed by atoms with Crippen LogP contribution >= 0.6 is 0 Å². The van der Waals surface area contributed by atoms with Crippen molar-refractivity contribution in [1.82, 2.24) is 15.2 Å². The zero-order valence-corrected chi connectivity index (χ0v) is 8.70. The molecule has 0 aromatic carbocycles. The van der Waals surface area contributed by atoms with E-state index in [1.54, 1.807) is 6.20 Å². The second kappa shape index (κ2) is 4.23. The number of aromatic amines is 1. The van der Waals surface area contributed by atoms with Crippen LogP contribution in [0.15, 0.2) is 24.5 Å². The normalized spacial score (nSPS) is 10.5. The van der Waals surface area contributed by atoms with Crippen LogP contribution in [-0.4, -0.2) is 21.7 Å². The Bertz CT molecular complexity index is 433. The predicted octanol–water partition coefficient (Wildman–Crippen LogP) is 1.28. The summed E-state index contributed by atoms with van der Waals surface area (Å²) in [5.74, 6) is 0. The molecule has 0 bridgehead atoms. The third kappa shape index (κ3) is 1.89. The highest BCUT2D eigenvalue weighted by atomic mass is 15.1. The van der Waals surface area contributed by atoms with Crippen LogP contribution in [0.4, 0.5) is 0 Å². The standard InChI is InChI=1S/C11H14N4/c1-8-10(4-5-12)11(15-14-8)9-3-2-6-13-7-9/h2-3,6-7H,4-5,12H2,1H3,(H,14,15). The van der Waals surface area contributed by atoms with E-state index in [1.807, 2.05) is 25.3 Å². The van der Waals surface area contributed by atoms with E-state index >= 15 is 0 Å². The minimum atomic E-state index is 0.633. The number of aromatic nitrogens is 3. The monoisotopic (exact) mass is 202 g/mol. The minimum absolute atomic E-state index is 0.633. The lowest BCUT2D eigenvalue weighted by atomic mass is 10.1. The SMILES string of the molecule is Cc1[nH]nc(-c2cccnc2)c1CCN. The number of hydrogen-bond acceptors (Lipinski definition) is 3. The van der Waals surface area contributed by atoms with E-state index < -0.39 is 0 Å². The van der Waals surface area contributed by atoms with E-state index in [-0.39, 0.29) is 0 Å². The Morgan fingerprint density at radius 3 is 3.00 bits per heavy atom. The quantitative estimate of drug-likeness (QED) is 0.787. The van der Waals surface area contributed by atoms with Gasteiger partial charge in [-0.25, -0.2) is 0 Å². The van der Waals surface area contributed by atoms with Gasteiger partial charge in [0.2, 0.25) is 0 Å². The molecule has 0 unspecified atom stereocenters. The van der Waals surface area contributed by atoms with Gasteiger partial charge in [0.25, 0.3) is 0 Å². The maximum Gasteiger partial charge on any atom is 0.0971 e. The third-order valence-electron chi connectivity index (χ3n) is 2.40. The summed E-state index contributed by atoms with van der Waals surface area (Å²) in [4.78, 5) is 4.09. The molecule has 0 fully saturated rings. The first-order valence-electron chi connectivity index (χ1n) is 4.97. The zero-order valence-electron chi connectivity index (χ0n) is 8.70. The molecule has 0 saturated carbocycles. The van der Waals surface area contributed by atoms with Gasteiger partial charge in [-0.3, -0.25) is 10.1 Å². The molecular formula is C11H14N4. The average Bonchev–Trinajstić information content (AvgIpc) is 2.63. The molecule has 2 heterocycles. The van der Waals surface area contributed by atoms with E-state index in [1.165, 1.54) is 5.56 Å². The topological polar surface area (TPSA) is 67.6 Å². The van der Waals surface area contributed by atoms with Gasteiger partial charge in [-0.15, -0.1) is 0 Å². The lowest BCUT2D eigenvalue weighted by Crippen LogP contribution is -2.04. The summed E-state index contributed by atoms with van der Waals surface area (Å²) in [6.07, 6.45) is 4.41. The van der Waals surface area contributed by atoms with Gasteiger partial charge < -0.3 is 5.73 Å². The van der Waals surface area contributed by atoms with Crippen molar-refractivity contribution in [1.29, 1.82) is 0 Å². The Balaban J connectivity index is 2.44. The smallest absolute Gasteiger partial charge is 0.0971 e. The summed E-state index contributed by atoms with van der Waals surface area (Å²) in [6.45, 7) is 2.64. The number of aryl methyl sites for hydroxylation is 1. The molecule has 0 saturated heterocycles. The van der Waals surface area contributed by atoms with Crippen molar-refractivity contribution in [3.05, 3.63) is 35.8 Å². The summed E-state index contributed by atoms with van der Waals surface area (Å²) in [7, 11) is 0.